The Morgan fingerprint density at radius 2 is 2.11 bits per heavy atom. The molecule has 4 heterocycles. The summed E-state index contributed by atoms with van der Waals surface area (Å²) >= 11 is 6.12. The van der Waals surface area contributed by atoms with Crippen molar-refractivity contribution in [2.24, 2.45) is 0 Å². The van der Waals surface area contributed by atoms with Gasteiger partial charge in [0.2, 0.25) is 5.95 Å². The average Bonchev–Trinajstić information content (AvgIpc) is 2.97. The molecule has 2 unspecified atom stereocenters. The summed E-state index contributed by atoms with van der Waals surface area (Å²) in [5.74, 6) is 0.733. The number of hydrogen-bond acceptors (Lipinski definition) is 7. The van der Waals surface area contributed by atoms with E-state index in [9.17, 15) is 8.78 Å². The number of rotatable bonds is 1. The second-order valence-corrected chi connectivity index (χ2v) is 7.34. The SMILES string of the molecule is Cc1c2c(nn1C1CCOCC1F)OC[C@@H](F)[C@@H](C)Nc1nc(ncc1Cl)N2. The van der Waals surface area contributed by atoms with Crippen LogP contribution in [-0.2, 0) is 4.74 Å². The molecular formula is C17H21ClF2N6O2. The van der Waals surface area contributed by atoms with Crippen molar-refractivity contribution in [1.29, 1.82) is 0 Å². The van der Waals surface area contributed by atoms with Crippen molar-refractivity contribution >= 4 is 29.1 Å². The molecular weight excluding hydrogens is 394 g/mol. The van der Waals surface area contributed by atoms with E-state index in [1.807, 2.05) is 0 Å². The van der Waals surface area contributed by atoms with Crippen LogP contribution in [0.3, 0.4) is 0 Å². The second kappa shape index (κ2) is 7.67. The lowest BCUT2D eigenvalue weighted by atomic mass is 10.1. The van der Waals surface area contributed by atoms with Crippen molar-refractivity contribution in [2.45, 2.75) is 44.7 Å². The molecule has 4 rings (SSSR count). The third-order valence-corrected chi connectivity index (χ3v) is 5.23. The van der Waals surface area contributed by atoms with E-state index in [2.05, 4.69) is 25.7 Å². The number of nitrogens with zero attached hydrogens (tertiary/aromatic N) is 4. The van der Waals surface area contributed by atoms with Gasteiger partial charge in [0.1, 0.15) is 23.5 Å². The molecule has 11 heteroatoms. The van der Waals surface area contributed by atoms with Gasteiger partial charge in [0.05, 0.1) is 30.6 Å². The zero-order valence-electron chi connectivity index (χ0n) is 15.5. The number of halogens is 3. The van der Waals surface area contributed by atoms with Gasteiger partial charge in [-0.2, -0.15) is 4.98 Å². The van der Waals surface area contributed by atoms with Crippen LogP contribution in [0.15, 0.2) is 6.20 Å². The van der Waals surface area contributed by atoms with Gasteiger partial charge in [0, 0.05) is 6.61 Å². The predicted octanol–water partition coefficient (Wildman–Crippen LogP) is 3.21. The van der Waals surface area contributed by atoms with Crippen LogP contribution < -0.4 is 15.4 Å². The molecule has 2 aromatic heterocycles. The molecule has 2 aliphatic rings. The normalized spacial score (nSPS) is 27.6. The first-order valence-electron chi connectivity index (χ1n) is 9.08. The molecule has 1 saturated heterocycles. The number of ether oxygens (including phenoxy) is 2. The second-order valence-electron chi connectivity index (χ2n) is 6.93. The van der Waals surface area contributed by atoms with Gasteiger partial charge in [0.15, 0.2) is 12.0 Å². The molecule has 0 aliphatic carbocycles. The minimum absolute atomic E-state index is 0.0162. The van der Waals surface area contributed by atoms with Crippen molar-refractivity contribution in [3.8, 4) is 5.88 Å². The fraction of sp³-hybridized carbons (Fsp3) is 0.588. The van der Waals surface area contributed by atoms with Crippen LogP contribution in [0.5, 0.6) is 5.88 Å². The van der Waals surface area contributed by atoms with Crippen LogP contribution in [0.1, 0.15) is 25.1 Å². The summed E-state index contributed by atoms with van der Waals surface area (Å²) in [6.45, 7) is 3.69. The van der Waals surface area contributed by atoms with E-state index in [0.717, 1.165) is 0 Å². The third kappa shape index (κ3) is 3.58. The van der Waals surface area contributed by atoms with Crippen molar-refractivity contribution in [2.75, 3.05) is 30.5 Å². The van der Waals surface area contributed by atoms with Gasteiger partial charge in [-0.1, -0.05) is 11.6 Å². The Bertz CT molecular complexity index is 866. The first kappa shape index (κ1) is 19.1. The van der Waals surface area contributed by atoms with Crippen LogP contribution in [0.4, 0.5) is 26.2 Å². The van der Waals surface area contributed by atoms with Gasteiger partial charge in [0.25, 0.3) is 5.88 Å². The predicted molar refractivity (Wildman–Crippen MR) is 100 cm³/mol. The Hall–Kier alpha value is -2.20. The van der Waals surface area contributed by atoms with Crippen molar-refractivity contribution < 1.29 is 18.3 Å². The van der Waals surface area contributed by atoms with Gasteiger partial charge in [-0.05, 0) is 20.3 Å². The monoisotopic (exact) mass is 414 g/mol. The van der Waals surface area contributed by atoms with Crippen LogP contribution in [0.25, 0.3) is 0 Å². The Morgan fingerprint density at radius 3 is 2.89 bits per heavy atom. The summed E-state index contributed by atoms with van der Waals surface area (Å²) < 4.78 is 41.4. The number of anilines is 3. The summed E-state index contributed by atoms with van der Waals surface area (Å²) in [4.78, 5) is 8.48. The van der Waals surface area contributed by atoms with Crippen LogP contribution in [-0.4, -0.2) is 58.0 Å². The van der Waals surface area contributed by atoms with E-state index in [4.69, 9.17) is 21.1 Å². The minimum Gasteiger partial charge on any atom is -0.472 e. The molecule has 0 radical (unpaired) electrons. The van der Waals surface area contributed by atoms with E-state index in [-0.39, 0.29) is 30.1 Å². The van der Waals surface area contributed by atoms with Crippen molar-refractivity contribution in [1.82, 2.24) is 19.7 Å². The number of aromatic nitrogens is 4. The number of hydrogen-bond donors (Lipinski definition) is 2. The van der Waals surface area contributed by atoms with E-state index < -0.39 is 24.4 Å². The number of alkyl halides is 2. The molecule has 4 atom stereocenters. The lowest BCUT2D eigenvalue weighted by Gasteiger charge is -2.27. The lowest BCUT2D eigenvalue weighted by Crippen LogP contribution is -2.33. The molecule has 1 fully saturated rings. The quantitative estimate of drug-likeness (QED) is 0.741. The lowest BCUT2D eigenvalue weighted by molar-refractivity contribution is -0.00106. The molecule has 0 saturated carbocycles. The zero-order chi connectivity index (χ0) is 19.8. The number of nitrogens with one attached hydrogen (secondary N) is 2. The highest BCUT2D eigenvalue weighted by Crippen LogP contribution is 2.36. The molecule has 0 spiro atoms. The smallest absolute Gasteiger partial charge is 0.257 e. The molecule has 2 N–H and O–H groups in total. The largest absolute Gasteiger partial charge is 0.472 e. The molecule has 0 aromatic carbocycles. The Balaban J connectivity index is 1.75. The Kier molecular flexibility index (Phi) is 5.24. The molecule has 2 aliphatic heterocycles. The summed E-state index contributed by atoms with van der Waals surface area (Å²) in [5.41, 5.74) is 1.11. The minimum atomic E-state index is -1.34. The summed E-state index contributed by atoms with van der Waals surface area (Å²) in [6, 6.07) is -1.08. The Morgan fingerprint density at radius 1 is 1.29 bits per heavy atom. The molecule has 8 nitrogen and oxygen atoms in total. The van der Waals surface area contributed by atoms with Crippen molar-refractivity contribution in [3.05, 3.63) is 16.9 Å². The highest BCUT2D eigenvalue weighted by atomic mass is 35.5. The molecule has 0 amide bonds. The Labute approximate surface area is 165 Å². The van der Waals surface area contributed by atoms with Gasteiger partial charge in [-0.15, -0.1) is 5.10 Å². The van der Waals surface area contributed by atoms with Gasteiger partial charge < -0.3 is 20.1 Å². The van der Waals surface area contributed by atoms with E-state index in [1.165, 1.54) is 6.20 Å². The summed E-state index contributed by atoms with van der Waals surface area (Å²) in [5, 5.41) is 10.7. The van der Waals surface area contributed by atoms with Gasteiger partial charge in [-0.3, -0.25) is 4.68 Å². The maximum atomic E-state index is 14.6. The van der Waals surface area contributed by atoms with Gasteiger partial charge in [-0.25, -0.2) is 13.8 Å². The molecule has 2 bridgehead atoms. The topological polar surface area (TPSA) is 86.1 Å². The fourth-order valence-corrected chi connectivity index (χ4v) is 3.42. The zero-order valence-corrected chi connectivity index (χ0v) is 16.2. The van der Waals surface area contributed by atoms with Crippen LogP contribution >= 0.6 is 11.6 Å². The first-order chi connectivity index (χ1) is 13.4. The standard InChI is InChI=1S/C17H21ClF2N6O2/c1-8-11(19)7-28-16-14(23-17-21-5-10(18)15(22-8)24-17)9(2)26(25-16)13-3-4-27-6-12(13)20/h5,8,11-13H,3-4,6-7H2,1-2H3,(H2,21,22,23,24)/t8-,11-,12?,13?/m1/s1. The summed E-state index contributed by atoms with van der Waals surface area (Å²) in [7, 11) is 0. The fourth-order valence-electron chi connectivity index (χ4n) is 3.28. The summed E-state index contributed by atoms with van der Waals surface area (Å²) in [6.07, 6.45) is -0.629. The first-order valence-corrected chi connectivity index (χ1v) is 9.45. The third-order valence-electron chi connectivity index (χ3n) is 4.95. The van der Waals surface area contributed by atoms with E-state index >= 15 is 0 Å². The highest BCUT2D eigenvalue weighted by molar-refractivity contribution is 6.32. The highest BCUT2D eigenvalue weighted by Gasteiger charge is 2.32. The molecule has 2 aromatic rings. The maximum Gasteiger partial charge on any atom is 0.257 e. The van der Waals surface area contributed by atoms with E-state index in [0.29, 0.717) is 30.2 Å². The van der Waals surface area contributed by atoms with Crippen molar-refractivity contribution in [3.63, 3.8) is 0 Å². The van der Waals surface area contributed by atoms with E-state index in [1.54, 1.807) is 18.5 Å². The number of fused-ring (bicyclic) bond motifs is 3. The maximum absolute atomic E-state index is 14.6. The van der Waals surface area contributed by atoms with Gasteiger partial charge >= 0.3 is 0 Å². The van der Waals surface area contributed by atoms with Crippen LogP contribution in [0, 0.1) is 6.92 Å². The molecule has 152 valence electrons. The average molecular weight is 415 g/mol. The molecule has 28 heavy (non-hydrogen) atoms. The van der Waals surface area contributed by atoms with Crippen LogP contribution in [0.2, 0.25) is 5.02 Å².